The molecular weight excluding hydrogens is 306 g/mol. The molecule has 0 amide bonds. The summed E-state index contributed by atoms with van der Waals surface area (Å²) in [4.78, 5) is 9.53. The molecule has 0 bridgehead atoms. The van der Waals surface area contributed by atoms with Crippen LogP contribution in [0.1, 0.15) is 45.1 Å². The highest BCUT2D eigenvalue weighted by molar-refractivity contribution is 8.13. The zero-order valence-corrected chi connectivity index (χ0v) is 12.6. The molecule has 9 heteroatoms. The highest BCUT2D eigenvalue weighted by Gasteiger charge is 2.33. The summed E-state index contributed by atoms with van der Waals surface area (Å²) < 4.78 is 24.1. The van der Waals surface area contributed by atoms with Crippen molar-refractivity contribution in [2.75, 3.05) is 0 Å². The maximum Gasteiger partial charge on any atom is 0.410 e. The highest BCUT2D eigenvalue weighted by atomic mass is 35.7. The van der Waals surface area contributed by atoms with Crippen LogP contribution in [0, 0.1) is 16.0 Å². The molecule has 1 aromatic heterocycles. The highest BCUT2D eigenvalue weighted by Crippen LogP contribution is 2.35. The van der Waals surface area contributed by atoms with Gasteiger partial charge in [-0.25, -0.2) is 8.42 Å². The summed E-state index contributed by atoms with van der Waals surface area (Å²) in [5, 5.41) is 14.7. The van der Waals surface area contributed by atoms with E-state index < -0.39 is 24.7 Å². The predicted octanol–water partition coefficient (Wildman–Crippen LogP) is 2.86. The van der Waals surface area contributed by atoms with Gasteiger partial charge in [0.25, 0.3) is 9.05 Å². The molecule has 0 aromatic carbocycles. The van der Waals surface area contributed by atoms with Crippen LogP contribution in [0.15, 0.2) is 11.1 Å². The third-order valence-corrected chi connectivity index (χ3v) is 5.20. The zero-order chi connectivity index (χ0) is 14.9. The van der Waals surface area contributed by atoms with Gasteiger partial charge in [0.15, 0.2) is 0 Å². The SMILES string of the molecule is CCC1CCC(n2cc(S(=O)(=O)Cl)c([N+](=O)[O-])n2)CC1. The van der Waals surface area contributed by atoms with Crippen LogP contribution in [0.3, 0.4) is 0 Å². The Labute approximate surface area is 121 Å². The van der Waals surface area contributed by atoms with Crippen molar-refractivity contribution in [1.29, 1.82) is 0 Å². The van der Waals surface area contributed by atoms with Crippen molar-refractivity contribution in [2.45, 2.75) is 50.0 Å². The second kappa shape index (κ2) is 5.69. The lowest BCUT2D eigenvalue weighted by atomic mass is 9.85. The van der Waals surface area contributed by atoms with Crippen molar-refractivity contribution < 1.29 is 13.3 Å². The number of nitro groups is 1. The maximum atomic E-state index is 11.4. The largest absolute Gasteiger partial charge is 0.410 e. The van der Waals surface area contributed by atoms with Crippen LogP contribution >= 0.6 is 10.7 Å². The molecule has 0 spiro atoms. The minimum atomic E-state index is -4.16. The van der Waals surface area contributed by atoms with Gasteiger partial charge >= 0.3 is 5.82 Å². The third kappa shape index (κ3) is 3.12. The number of halogens is 1. The van der Waals surface area contributed by atoms with Crippen molar-refractivity contribution in [3.63, 3.8) is 0 Å². The molecule has 0 radical (unpaired) electrons. The van der Waals surface area contributed by atoms with E-state index in [1.54, 1.807) is 0 Å². The molecule has 1 aliphatic carbocycles. The monoisotopic (exact) mass is 321 g/mol. The lowest BCUT2D eigenvalue weighted by molar-refractivity contribution is -0.392. The topological polar surface area (TPSA) is 95.1 Å². The number of aromatic nitrogens is 2. The van der Waals surface area contributed by atoms with Gasteiger partial charge in [-0.2, -0.15) is 4.68 Å². The summed E-state index contributed by atoms with van der Waals surface area (Å²) in [7, 11) is 1.06. The fraction of sp³-hybridized carbons (Fsp3) is 0.727. The fourth-order valence-corrected chi connectivity index (χ4v) is 3.56. The quantitative estimate of drug-likeness (QED) is 0.482. The van der Waals surface area contributed by atoms with Gasteiger partial charge in [0.05, 0.1) is 17.3 Å². The van der Waals surface area contributed by atoms with E-state index in [0.717, 1.165) is 32.1 Å². The molecule has 0 atom stereocenters. The Morgan fingerprint density at radius 1 is 1.45 bits per heavy atom. The Hall–Kier alpha value is -1.15. The van der Waals surface area contributed by atoms with Crippen molar-refractivity contribution in [3.05, 3.63) is 16.3 Å². The first kappa shape index (κ1) is 15.2. The van der Waals surface area contributed by atoms with E-state index in [2.05, 4.69) is 12.0 Å². The second-order valence-electron chi connectivity index (χ2n) is 5.07. The Morgan fingerprint density at radius 3 is 2.45 bits per heavy atom. The number of nitrogens with zero attached hydrogens (tertiary/aromatic N) is 3. The summed E-state index contributed by atoms with van der Waals surface area (Å²) >= 11 is 0. The average molecular weight is 322 g/mol. The molecule has 20 heavy (non-hydrogen) atoms. The van der Waals surface area contributed by atoms with Crippen LogP contribution in [-0.4, -0.2) is 23.1 Å². The van der Waals surface area contributed by atoms with Crippen LogP contribution in [0.5, 0.6) is 0 Å². The minimum Gasteiger partial charge on any atom is -0.358 e. The number of hydrogen-bond acceptors (Lipinski definition) is 5. The van der Waals surface area contributed by atoms with E-state index in [9.17, 15) is 18.5 Å². The maximum absolute atomic E-state index is 11.4. The molecule has 0 unspecified atom stereocenters. The molecule has 7 nitrogen and oxygen atoms in total. The van der Waals surface area contributed by atoms with Gasteiger partial charge < -0.3 is 10.1 Å². The molecule has 1 fully saturated rings. The first-order chi connectivity index (χ1) is 9.32. The molecule has 2 rings (SSSR count). The Bertz CT molecular complexity index is 605. The molecule has 1 saturated carbocycles. The van der Waals surface area contributed by atoms with E-state index in [1.807, 2.05) is 0 Å². The molecular formula is C11H16ClN3O4S. The normalized spacial score (nSPS) is 23.7. The fourth-order valence-electron chi connectivity index (χ4n) is 2.67. The van der Waals surface area contributed by atoms with Crippen LogP contribution in [0.4, 0.5) is 5.82 Å². The summed E-state index contributed by atoms with van der Waals surface area (Å²) in [5.74, 6) is -0.0226. The lowest BCUT2D eigenvalue weighted by Crippen LogP contribution is -2.18. The average Bonchev–Trinajstić information content (AvgIpc) is 2.84. The first-order valence-corrected chi connectivity index (χ1v) is 8.82. The summed E-state index contributed by atoms with van der Waals surface area (Å²) in [6, 6.07) is 0.00340. The zero-order valence-electron chi connectivity index (χ0n) is 11.0. The van der Waals surface area contributed by atoms with Crippen LogP contribution < -0.4 is 0 Å². The van der Waals surface area contributed by atoms with Crippen molar-refractivity contribution in [1.82, 2.24) is 9.78 Å². The number of rotatable bonds is 4. The summed E-state index contributed by atoms with van der Waals surface area (Å²) in [6.07, 6.45) is 6.04. The van der Waals surface area contributed by atoms with Crippen LogP contribution in [0.2, 0.25) is 0 Å². The van der Waals surface area contributed by atoms with Gasteiger partial charge in [-0.15, -0.1) is 0 Å². The third-order valence-electron chi connectivity index (χ3n) is 3.88. The summed E-state index contributed by atoms with van der Waals surface area (Å²) in [6.45, 7) is 2.14. The van der Waals surface area contributed by atoms with Gasteiger partial charge in [0.2, 0.25) is 4.90 Å². The first-order valence-electron chi connectivity index (χ1n) is 6.51. The van der Waals surface area contributed by atoms with E-state index in [4.69, 9.17) is 10.7 Å². The summed E-state index contributed by atoms with van der Waals surface area (Å²) in [5.41, 5.74) is 0. The Balaban J connectivity index is 2.28. The van der Waals surface area contributed by atoms with E-state index >= 15 is 0 Å². The van der Waals surface area contributed by atoms with Crippen molar-refractivity contribution >= 4 is 25.6 Å². The van der Waals surface area contributed by atoms with Gasteiger partial charge in [-0.1, -0.05) is 13.3 Å². The Kier molecular flexibility index (Phi) is 4.33. The van der Waals surface area contributed by atoms with Crippen LogP contribution in [0.25, 0.3) is 0 Å². The van der Waals surface area contributed by atoms with Crippen molar-refractivity contribution in [2.24, 2.45) is 5.92 Å². The molecule has 1 heterocycles. The smallest absolute Gasteiger partial charge is 0.358 e. The van der Waals surface area contributed by atoms with E-state index in [-0.39, 0.29) is 6.04 Å². The minimum absolute atomic E-state index is 0.00340. The van der Waals surface area contributed by atoms with Crippen molar-refractivity contribution in [3.8, 4) is 0 Å². The number of hydrogen-bond donors (Lipinski definition) is 0. The Morgan fingerprint density at radius 2 is 2.05 bits per heavy atom. The molecule has 112 valence electrons. The van der Waals surface area contributed by atoms with Gasteiger partial charge in [0, 0.05) is 10.7 Å². The van der Waals surface area contributed by atoms with E-state index in [0.29, 0.717) is 5.92 Å². The standard InChI is InChI=1S/C11H16ClN3O4S/c1-2-8-3-5-9(6-4-8)14-7-10(20(12,18)19)11(13-14)15(16)17/h7-9H,2-6H2,1H3. The van der Waals surface area contributed by atoms with Gasteiger partial charge in [-0.05, 0) is 36.5 Å². The molecule has 1 aromatic rings. The molecule has 0 N–H and O–H groups in total. The predicted molar refractivity (Wildman–Crippen MR) is 73.2 cm³/mol. The van der Waals surface area contributed by atoms with Gasteiger partial charge in [0.1, 0.15) is 0 Å². The van der Waals surface area contributed by atoms with Gasteiger partial charge in [-0.3, -0.25) is 0 Å². The second-order valence-corrected chi connectivity index (χ2v) is 7.61. The van der Waals surface area contributed by atoms with Crippen LogP contribution in [-0.2, 0) is 9.05 Å². The lowest BCUT2D eigenvalue weighted by Gasteiger charge is -2.26. The molecule has 1 aliphatic rings. The molecule has 0 aliphatic heterocycles. The van der Waals surface area contributed by atoms with E-state index in [1.165, 1.54) is 10.9 Å². The molecule has 0 saturated heterocycles.